The highest BCUT2D eigenvalue weighted by Crippen LogP contribution is 2.19. The summed E-state index contributed by atoms with van der Waals surface area (Å²) >= 11 is 0. The molecule has 18 heavy (non-hydrogen) atoms. The fourth-order valence-electron chi connectivity index (χ4n) is 2.24. The molecule has 0 amide bonds. The first kappa shape index (κ1) is 11.4. The molecule has 0 saturated carbocycles. The first-order valence-corrected chi connectivity index (χ1v) is 6.13. The van der Waals surface area contributed by atoms with Gasteiger partial charge in [-0.2, -0.15) is 5.10 Å². The molecule has 1 aliphatic heterocycles. The van der Waals surface area contributed by atoms with Crippen LogP contribution >= 0.6 is 0 Å². The number of morpholine rings is 1. The van der Waals surface area contributed by atoms with Gasteiger partial charge in [0, 0.05) is 31.9 Å². The average molecular weight is 247 g/mol. The molecule has 96 valence electrons. The lowest BCUT2D eigenvalue weighted by Crippen LogP contribution is -2.34. The van der Waals surface area contributed by atoms with E-state index in [1.54, 1.807) is 0 Å². The molecular formula is C12H17N5O. The molecule has 3 heterocycles. The molecule has 0 spiro atoms. The Hall–Kier alpha value is -1.66. The lowest BCUT2D eigenvalue weighted by molar-refractivity contribution is 0.0230. The van der Waals surface area contributed by atoms with Crippen molar-refractivity contribution in [1.29, 1.82) is 0 Å². The van der Waals surface area contributed by atoms with Crippen LogP contribution in [0.15, 0.2) is 24.9 Å². The molecule has 0 radical (unpaired) electrons. The van der Waals surface area contributed by atoms with Crippen LogP contribution in [0.4, 0.5) is 0 Å². The molecule has 1 saturated heterocycles. The van der Waals surface area contributed by atoms with Crippen molar-refractivity contribution in [2.24, 2.45) is 7.05 Å². The van der Waals surface area contributed by atoms with Gasteiger partial charge in [0.2, 0.25) is 0 Å². The number of hydrogen-bond acceptors (Lipinski definition) is 4. The number of nitrogens with one attached hydrogen (secondary N) is 1. The van der Waals surface area contributed by atoms with Crippen molar-refractivity contribution >= 4 is 0 Å². The smallest absolute Gasteiger partial charge is 0.111 e. The quantitative estimate of drug-likeness (QED) is 0.849. The van der Waals surface area contributed by atoms with Crippen molar-refractivity contribution in [3.8, 4) is 0 Å². The van der Waals surface area contributed by atoms with E-state index in [1.165, 1.54) is 5.56 Å². The molecule has 0 aliphatic carbocycles. The van der Waals surface area contributed by atoms with Crippen molar-refractivity contribution in [2.45, 2.75) is 12.6 Å². The highest BCUT2D eigenvalue weighted by molar-refractivity contribution is 5.10. The third-order valence-electron chi connectivity index (χ3n) is 3.11. The lowest BCUT2D eigenvalue weighted by Gasteiger charge is -2.24. The van der Waals surface area contributed by atoms with Crippen molar-refractivity contribution in [3.05, 3.63) is 36.2 Å². The fraction of sp³-hybridized carbons (Fsp3) is 0.500. The van der Waals surface area contributed by atoms with E-state index in [0.717, 1.165) is 31.9 Å². The minimum absolute atomic E-state index is 0.0953. The van der Waals surface area contributed by atoms with Crippen LogP contribution < -0.4 is 5.32 Å². The summed E-state index contributed by atoms with van der Waals surface area (Å²) in [6, 6.07) is 0. The van der Waals surface area contributed by atoms with Crippen LogP contribution in [-0.4, -0.2) is 39.0 Å². The molecule has 0 bridgehead atoms. The van der Waals surface area contributed by atoms with Crippen molar-refractivity contribution < 1.29 is 4.74 Å². The molecule has 1 aliphatic rings. The van der Waals surface area contributed by atoms with Gasteiger partial charge in [0.1, 0.15) is 6.10 Å². The summed E-state index contributed by atoms with van der Waals surface area (Å²) in [4.78, 5) is 4.23. The van der Waals surface area contributed by atoms with Gasteiger partial charge < -0.3 is 14.6 Å². The third kappa shape index (κ3) is 2.30. The normalized spacial score (nSPS) is 20.2. The molecule has 6 heteroatoms. The van der Waals surface area contributed by atoms with Crippen molar-refractivity contribution in [1.82, 2.24) is 24.6 Å². The predicted molar refractivity (Wildman–Crippen MR) is 66.1 cm³/mol. The van der Waals surface area contributed by atoms with Crippen LogP contribution in [0, 0.1) is 0 Å². The van der Waals surface area contributed by atoms with E-state index >= 15 is 0 Å². The summed E-state index contributed by atoms with van der Waals surface area (Å²) in [5.74, 6) is 0. The highest BCUT2D eigenvalue weighted by Gasteiger charge is 2.19. The number of rotatable bonds is 3. The van der Waals surface area contributed by atoms with Crippen LogP contribution in [0.3, 0.4) is 0 Å². The average Bonchev–Trinajstić information content (AvgIpc) is 3.00. The zero-order valence-corrected chi connectivity index (χ0v) is 10.4. The van der Waals surface area contributed by atoms with E-state index in [4.69, 9.17) is 4.74 Å². The largest absolute Gasteiger partial charge is 0.369 e. The van der Waals surface area contributed by atoms with E-state index < -0.39 is 0 Å². The van der Waals surface area contributed by atoms with Gasteiger partial charge in [0.15, 0.2) is 0 Å². The maximum absolute atomic E-state index is 5.76. The van der Waals surface area contributed by atoms with Crippen LogP contribution in [0.5, 0.6) is 0 Å². The van der Waals surface area contributed by atoms with Gasteiger partial charge in [-0.25, -0.2) is 4.98 Å². The first-order chi connectivity index (χ1) is 8.83. The summed E-state index contributed by atoms with van der Waals surface area (Å²) in [5, 5.41) is 7.51. The Morgan fingerprint density at radius 2 is 2.44 bits per heavy atom. The summed E-state index contributed by atoms with van der Waals surface area (Å²) in [7, 11) is 1.92. The summed E-state index contributed by atoms with van der Waals surface area (Å²) < 4.78 is 9.69. The molecule has 6 nitrogen and oxygen atoms in total. The molecule has 0 aromatic carbocycles. The van der Waals surface area contributed by atoms with Gasteiger partial charge in [-0.3, -0.25) is 4.68 Å². The van der Waals surface area contributed by atoms with Gasteiger partial charge >= 0.3 is 0 Å². The molecule has 1 atom stereocenters. The SMILES string of the molecule is Cn1cc(Cn2cncc2C2CNCCO2)cn1. The minimum atomic E-state index is 0.0953. The summed E-state index contributed by atoms with van der Waals surface area (Å²) in [5.41, 5.74) is 2.28. The van der Waals surface area contributed by atoms with Gasteiger partial charge in [0.25, 0.3) is 0 Å². The topological polar surface area (TPSA) is 56.9 Å². The molecule has 3 rings (SSSR count). The van der Waals surface area contributed by atoms with Crippen molar-refractivity contribution in [3.63, 3.8) is 0 Å². The van der Waals surface area contributed by atoms with Crippen LogP contribution in [0.25, 0.3) is 0 Å². The second kappa shape index (κ2) is 4.91. The van der Waals surface area contributed by atoms with E-state index in [9.17, 15) is 0 Å². The second-order valence-corrected chi connectivity index (χ2v) is 4.53. The van der Waals surface area contributed by atoms with Gasteiger partial charge in [-0.1, -0.05) is 0 Å². The number of aryl methyl sites for hydroxylation is 1. The highest BCUT2D eigenvalue weighted by atomic mass is 16.5. The molecule has 2 aromatic heterocycles. The zero-order chi connectivity index (χ0) is 12.4. The Labute approximate surface area is 106 Å². The standard InChI is InChI=1S/C12H17N5O/c1-16-7-10(4-15-16)8-17-9-14-5-11(17)12-6-13-2-3-18-12/h4-5,7,9,12-13H,2-3,6,8H2,1H3. The number of nitrogens with zero attached hydrogens (tertiary/aromatic N) is 4. The van der Waals surface area contributed by atoms with Crippen LogP contribution in [-0.2, 0) is 18.3 Å². The Morgan fingerprint density at radius 3 is 3.17 bits per heavy atom. The Morgan fingerprint density at radius 1 is 1.50 bits per heavy atom. The van der Waals surface area contributed by atoms with E-state index in [0.29, 0.717) is 0 Å². The molecule has 2 aromatic rings. The maximum atomic E-state index is 5.76. The molecule has 1 fully saturated rings. The Bertz CT molecular complexity index is 512. The Balaban J connectivity index is 1.78. The van der Waals surface area contributed by atoms with E-state index in [-0.39, 0.29) is 6.10 Å². The van der Waals surface area contributed by atoms with Crippen LogP contribution in [0.1, 0.15) is 17.4 Å². The minimum Gasteiger partial charge on any atom is -0.369 e. The van der Waals surface area contributed by atoms with E-state index in [1.807, 2.05) is 36.6 Å². The number of aromatic nitrogens is 4. The molecule has 1 unspecified atom stereocenters. The van der Waals surface area contributed by atoms with Gasteiger partial charge in [0.05, 0.1) is 37.6 Å². The lowest BCUT2D eigenvalue weighted by atomic mass is 10.2. The summed E-state index contributed by atoms with van der Waals surface area (Å²) in [6.45, 7) is 3.30. The number of imidazole rings is 1. The van der Waals surface area contributed by atoms with E-state index in [2.05, 4.69) is 20.0 Å². The zero-order valence-electron chi connectivity index (χ0n) is 10.4. The summed E-state index contributed by atoms with van der Waals surface area (Å²) in [6.07, 6.45) is 7.72. The predicted octanol–water partition coefficient (Wildman–Crippen LogP) is 0.326. The maximum Gasteiger partial charge on any atom is 0.111 e. The van der Waals surface area contributed by atoms with Gasteiger partial charge in [-0.15, -0.1) is 0 Å². The monoisotopic (exact) mass is 247 g/mol. The fourth-order valence-corrected chi connectivity index (χ4v) is 2.24. The first-order valence-electron chi connectivity index (χ1n) is 6.13. The second-order valence-electron chi connectivity index (χ2n) is 4.53. The van der Waals surface area contributed by atoms with Gasteiger partial charge in [-0.05, 0) is 0 Å². The Kier molecular flexibility index (Phi) is 3.12. The molecule has 1 N–H and O–H groups in total. The number of ether oxygens (including phenoxy) is 1. The molecular weight excluding hydrogens is 230 g/mol. The van der Waals surface area contributed by atoms with Crippen LogP contribution in [0.2, 0.25) is 0 Å². The third-order valence-corrected chi connectivity index (χ3v) is 3.11. The van der Waals surface area contributed by atoms with Crippen molar-refractivity contribution in [2.75, 3.05) is 19.7 Å². The number of hydrogen-bond donors (Lipinski definition) is 1.